The molecule has 126 valence electrons. The van der Waals surface area contributed by atoms with E-state index in [4.69, 9.17) is 28.9 Å². The Morgan fingerprint density at radius 3 is 2.22 bits per heavy atom. The van der Waals surface area contributed by atoms with E-state index in [-0.39, 0.29) is 23.7 Å². The zero-order valence-corrected chi connectivity index (χ0v) is 14.7. The lowest BCUT2D eigenvalue weighted by atomic mass is 9.95. The Kier molecular flexibility index (Phi) is 5.76. The minimum absolute atomic E-state index is 0.0144. The van der Waals surface area contributed by atoms with Crippen LogP contribution < -0.4 is 11.1 Å². The van der Waals surface area contributed by atoms with E-state index in [1.54, 1.807) is 12.1 Å². The van der Waals surface area contributed by atoms with Gasteiger partial charge in [0.1, 0.15) is 0 Å². The number of benzene rings is 1. The number of anilines is 2. The van der Waals surface area contributed by atoms with Crippen molar-refractivity contribution < 1.29 is 9.59 Å². The monoisotopic (exact) mass is 357 g/mol. The van der Waals surface area contributed by atoms with Gasteiger partial charge in [0, 0.05) is 30.6 Å². The van der Waals surface area contributed by atoms with Gasteiger partial charge in [0.25, 0.3) is 0 Å². The molecule has 1 aromatic carbocycles. The lowest BCUT2D eigenvalue weighted by Gasteiger charge is -2.32. The first-order valence-electron chi connectivity index (χ1n) is 7.63. The topological polar surface area (TPSA) is 75.4 Å². The van der Waals surface area contributed by atoms with Crippen LogP contribution in [0.2, 0.25) is 10.0 Å². The molecule has 0 radical (unpaired) electrons. The van der Waals surface area contributed by atoms with Crippen molar-refractivity contribution in [2.75, 3.05) is 24.1 Å². The second-order valence-corrected chi connectivity index (χ2v) is 6.91. The fraction of sp³-hybridized carbons (Fsp3) is 0.500. The van der Waals surface area contributed by atoms with Gasteiger partial charge >= 0.3 is 0 Å². The number of halogens is 2. The van der Waals surface area contributed by atoms with Gasteiger partial charge in [0.2, 0.25) is 11.8 Å². The van der Waals surface area contributed by atoms with E-state index in [0.717, 1.165) is 0 Å². The maximum absolute atomic E-state index is 12.4. The predicted octanol–water partition coefficient (Wildman–Crippen LogP) is 3.41. The molecule has 1 fully saturated rings. The van der Waals surface area contributed by atoms with Crippen LogP contribution in [0, 0.1) is 11.8 Å². The number of piperidine rings is 1. The second-order valence-electron chi connectivity index (χ2n) is 6.10. The highest BCUT2D eigenvalue weighted by molar-refractivity contribution is 6.39. The molecule has 2 rings (SSSR count). The van der Waals surface area contributed by atoms with Crippen molar-refractivity contribution in [2.24, 2.45) is 11.8 Å². The summed E-state index contributed by atoms with van der Waals surface area (Å²) >= 11 is 11.9. The van der Waals surface area contributed by atoms with Crippen molar-refractivity contribution in [2.45, 2.75) is 26.7 Å². The Morgan fingerprint density at radius 2 is 1.74 bits per heavy atom. The highest BCUT2D eigenvalue weighted by Crippen LogP contribution is 2.31. The first-order chi connectivity index (χ1) is 10.8. The summed E-state index contributed by atoms with van der Waals surface area (Å²) in [6.07, 6.45) is 1.31. The van der Waals surface area contributed by atoms with E-state index >= 15 is 0 Å². The highest BCUT2D eigenvalue weighted by Gasteiger charge is 2.28. The fourth-order valence-corrected chi connectivity index (χ4v) is 3.12. The second kappa shape index (κ2) is 7.41. The van der Waals surface area contributed by atoms with Crippen LogP contribution in [0.25, 0.3) is 0 Å². The average Bonchev–Trinajstić information content (AvgIpc) is 2.51. The van der Waals surface area contributed by atoms with Gasteiger partial charge in [0.15, 0.2) is 0 Å². The maximum atomic E-state index is 12.4. The normalized spacial score (nSPS) is 15.8. The van der Waals surface area contributed by atoms with Crippen LogP contribution in [-0.4, -0.2) is 29.8 Å². The molecule has 1 aliphatic heterocycles. The Bertz CT molecular complexity index is 588. The Labute approximate surface area is 146 Å². The van der Waals surface area contributed by atoms with Gasteiger partial charge in [-0.05, 0) is 25.0 Å². The summed E-state index contributed by atoms with van der Waals surface area (Å²) in [6.45, 7) is 4.99. The number of amides is 2. The molecule has 2 amide bonds. The van der Waals surface area contributed by atoms with E-state index in [1.165, 1.54) is 0 Å². The molecule has 1 aromatic rings. The number of hydrogen-bond acceptors (Lipinski definition) is 3. The summed E-state index contributed by atoms with van der Waals surface area (Å²) < 4.78 is 0. The van der Waals surface area contributed by atoms with Crippen LogP contribution in [0.5, 0.6) is 0 Å². The molecule has 5 nitrogen and oxygen atoms in total. The quantitative estimate of drug-likeness (QED) is 0.813. The molecule has 0 saturated carbocycles. The molecule has 0 unspecified atom stereocenters. The highest BCUT2D eigenvalue weighted by atomic mass is 35.5. The minimum Gasteiger partial charge on any atom is -0.396 e. The first-order valence-corrected chi connectivity index (χ1v) is 8.39. The molecule has 1 aliphatic rings. The number of carbonyl (C=O) groups excluding carboxylic acids is 2. The molecule has 3 N–H and O–H groups in total. The lowest BCUT2D eigenvalue weighted by Crippen LogP contribution is -2.43. The number of carbonyl (C=O) groups is 2. The van der Waals surface area contributed by atoms with Gasteiger partial charge in [-0.15, -0.1) is 0 Å². The zero-order chi connectivity index (χ0) is 17.1. The van der Waals surface area contributed by atoms with Crippen LogP contribution in [0.15, 0.2) is 12.1 Å². The third kappa shape index (κ3) is 4.30. The molecule has 0 aromatic heterocycles. The first kappa shape index (κ1) is 17.9. The van der Waals surface area contributed by atoms with E-state index in [1.807, 2.05) is 18.7 Å². The van der Waals surface area contributed by atoms with Crippen molar-refractivity contribution in [3.05, 3.63) is 22.2 Å². The van der Waals surface area contributed by atoms with Gasteiger partial charge in [-0.2, -0.15) is 0 Å². The number of nitrogens with one attached hydrogen (secondary N) is 1. The number of nitrogen functional groups attached to an aromatic ring is 1. The van der Waals surface area contributed by atoms with Crippen molar-refractivity contribution in [3.8, 4) is 0 Å². The number of nitrogens with two attached hydrogens (primary N) is 1. The van der Waals surface area contributed by atoms with Crippen LogP contribution in [0.1, 0.15) is 26.7 Å². The summed E-state index contributed by atoms with van der Waals surface area (Å²) in [6, 6.07) is 3.16. The molecule has 0 aliphatic carbocycles. The van der Waals surface area contributed by atoms with Crippen molar-refractivity contribution in [1.29, 1.82) is 0 Å². The molecule has 0 atom stereocenters. The molecule has 0 spiro atoms. The van der Waals surface area contributed by atoms with Crippen molar-refractivity contribution >= 4 is 46.4 Å². The molecule has 1 heterocycles. The van der Waals surface area contributed by atoms with Crippen molar-refractivity contribution in [3.63, 3.8) is 0 Å². The van der Waals surface area contributed by atoms with Crippen LogP contribution in [0.4, 0.5) is 11.4 Å². The Balaban J connectivity index is 1.94. The molecule has 0 bridgehead atoms. The zero-order valence-electron chi connectivity index (χ0n) is 13.2. The average molecular weight is 358 g/mol. The summed E-state index contributed by atoms with van der Waals surface area (Å²) in [5.41, 5.74) is 6.50. The Morgan fingerprint density at radius 1 is 1.22 bits per heavy atom. The smallest absolute Gasteiger partial charge is 0.227 e. The largest absolute Gasteiger partial charge is 0.396 e. The van der Waals surface area contributed by atoms with Gasteiger partial charge in [-0.1, -0.05) is 37.0 Å². The molecule has 7 heteroatoms. The number of rotatable bonds is 3. The van der Waals surface area contributed by atoms with Gasteiger partial charge in [-0.3, -0.25) is 9.59 Å². The Hall–Kier alpha value is -1.46. The van der Waals surface area contributed by atoms with Crippen LogP contribution >= 0.6 is 23.2 Å². The fourth-order valence-electron chi connectivity index (χ4n) is 2.63. The molecular weight excluding hydrogens is 337 g/mol. The van der Waals surface area contributed by atoms with Gasteiger partial charge in [-0.25, -0.2) is 0 Å². The van der Waals surface area contributed by atoms with Gasteiger partial charge < -0.3 is 16.0 Å². The maximum Gasteiger partial charge on any atom is 0.227 e. The summed E-state index contributed by atoms with van der Waals surface area (Å²) in [4.78, 5) is 26.1. The molecule has 23 heavy (non-hydrogen) atoms. The number of nitrogens with zero attached hydrogens (tertiary/aromatic N) is 1. The SMILES string of the molecule is CC(C)C(=O)N1CCC(C(=O)Nc2cc(Cl)c(N)c(Cl)c2)CC1. The standard InChI is InChI=1S/C16H21Cl2N3O2/c1-9(2)16(23)21-5-3-10(4-6-21)15(22)20-11-7-12(17)14(19)13(18)8-11/h7-10H,3-6,19H2,1-2H3,(H,20,22). The lowest BCUT2D eigenvalue weighted by molar-refractivity contribution is -0.137. The van der Waals surface area contributed by atoms with E-state index in [9.17, 15) is 9.59 Å². The third-order valence-electron chi connectivity index (χ3n) is 4.02. The number of likely N-dealkylation sites (tertiary alicyclic amines) is 1. The number of hydrogen-bond donors (Lipinski definition) is 2. The van der Waals surface area contributed by atoms with Gasteiger partial charge in [0.05, 0.1) is 15.7 Å². The van der Waals surface area contributed by atoms with E-state index in [0.29, 0.717) is 47.4 Å². The van der Waals surface area contributed by atoms with Crippen LogP contribution in [0.3, 0.4) is 0 Å². The van der Waals surface area contributed by atoms with Crippen LogP contribution in [-0.2, 0) is 9.59 Å². The minimum atomic E-state index is -0.124. The predicted molar refractivity (Wildman–Crippen MR) is 93.6 cm³/mol. The summed E-state index contributed by atoms with van der Waals surface area (Å²) in [5.74, 6) is -0.0831. The summed E-state index contributed by atoms with van der Waals surface area (Å²) in [5, 5.41) is 3.44. The molecule has 1 saturated heterocycles. The van der Waals surface area contributed by atoms with E-state index in [2.05, 4.69) is 5.32 Å². The van der Waals surface area contributed by atoms with Crippen molar-refractivity contribution in [1.82, 2.24) is 4.90 Å². The third-order valence-corrected chi connectivity index (χ3v) is 4.64. The van der Waals surface area contributed by atoms with E-state index < -0.39 is 0 Å². The summed E-state index contributed by atoms with van der Waals surface area (Å²) in [7, 11) is 0. The molecular formula is C16H21Cl2N3O2.